The van der Waals surface area contributed by atoms with Crippen molar-refractivity contribution in [1.82, 2.24) is 5.01 Å². The van der Waals surface area contributed by atoms with Crippen LogP contribution in [0.4, 0.5) is 5.69 Å². The maximum atomic E-state index is 12.8. The molecule has 1 aliphatic rings. The van der Waals surface area contributed by atoms with E-state index in [2.05, 4.69) is 21.0 Å². The van der Waals surface area contributed by atoms with Crippen molar-refractivity contribution >= 4 is 50.4 Å². The second-order valence-electron chi connectivity index (χ2n) is 5.84. The molecule has 0 saturated heterocycles. The van der Waals surface area contributed by atoms with Gasteiger partial charge in [0.1, 0.15) is 0 Å². The Kier molecular flexibility index (Phi) is 4.04. The van der Waals surface area contributed by atoms with Crippen molar-refractivity contribution in [3.05, 3.63) is 85.9 Å². The number of non-ortho nitro benzene ring substituents is 1. The van der Waals surface area contributed by atoms with Crippen molar-refractivity contribution in [2.24, 2.45) is 5.10 Å². The molecule has 0 aliphatic carbocycles. The van der Waals surface area contributed by atoms with Crippen molar-refractivity contribution in [3.8, 4) is 0 Å². The van der Waals surface area contributed by atoms with Gasteiger partial charge in [-0.1, -0.05) is 34.1 Å². The Morgan fingerprint density at radius 2 is 1.63 bits per heavy atom. The smallest absolute Gasteiger partial charge is 0.267 e. The molecule has 3 aromatic carbocycles. The SMILES string of the molecule is O=C1c2cccc3c([N+](=O)[O-])ccc(c23)C(=O)N1N=Cc1ccc(Br)cc1. The molecule has 0 fully saturated rings. The van der Waals surface area contributed by atoms with E-state index in [0.29, 0.717) is 5.56 Å². The number of nitro groups is 1. The number of rotatable bonds is 3. The van der Waals surface area contributed by atoms with E-state index in [1.807, 2.05) is 12.1 Å². The Balaban J connectivity index is 1.82. The molecule has 0 saturated carbocycles. The Labute approximate surface area is 161 Å². The maximum Gasteiger partial charge on any atom is 0.282 e. The van der Waals surface area contributed by atoms with Crippen LogP contribution < -0.4 is 0 Å². The number of halogens is 1. The second-order valence-corrected chi connectivity index (χ2v) is 6.75. The number of nitrogens with zero attached hydrogens (tertiary/aromatic N) is 3. The van der Waals surface area contributed by atoms with Gasteiger partial charge in [0, 0.05) is 15.9 Å². The molecule has 8 heteroatoms. The number of imide groups is 1. The average Bonchev–Trinajstić information content (AvgIpc) is 2.66. The van der Waals surface area contributed by atoms with Gasteiger partial charge < -0.3 is 0 Å². The molecular formula is C19H10BrN3O4. The topological polar surface area (TPSA) is 92.9 Å². The van der Waals surface area contributed by atoms with Crippen LogP contribution in [0.1, 0.15) is 26.3 Å². The van der Waals surface area contributed by atoms with E-state index in [-0.39, 0.29) is 27.6 Å². The minimum absolute atomic E-state index is 0.150. The molecule has 0 aromatic heterocycles. The number of hydrogen-bond acceptors (Lipinski definition) is 5. The number of carbonyl (C=O) groups excluding carboxylic acids is 2. The number of carbonyl (C=O) groups is 2. The molecule has 4 rings (SSSR count). The molecule has 132 valence electrons. The highest BCUT2D eigenvalue weighted by molar-refractivity contribution is 9.10. The fourth-order valence-electron chi connectivity index (χ4n) is 3.01. The Morgan fingerprint density at radius 3 is 2.30 bits per heavy atom. The highest BCUT2D eigenvalue weighted by Gasteiger charge is 2.34. The van der Waals surface area contributed by atoms with E-state index in [9.17, 15) is 19.7 Å². The Bertz CT molecular complexity index is 1130. The molecule has 27 heavy (non-hydrogen) atoms. The molecule has 2 amide bonds. The Morgan fingerprint density at radius 1 is 0.963 bits per heavy atom. The molecule has 0 spiro atoms. The lowest BCUT2D eigenvalue weighted by Crippen LogP contribution is -2.36. The van der Waals surface area contributed by atoms with E-state index in [1.54, 1.807) is 18.2 Å². The average molecular weight is 424 g/mol. The molecular weight excluding hydrogens is 414 g/mol. The molecule has 0 atom stereocenters. The third-order valence-electron chi connectivity index (χ3n) is 4.25. The summed E-state index contributed by atoms with van der Waals surface area (Å²) in [6, 6.07) is 14.4. The van der Waals surface area contributed by atoms with Gasteiger partial charge in [0.05, 0.1) is 27.7 Å². The number of nitro benzene ring substituents is 1. The van der Waals surface area contributed by atoms with Crippen molar-refractivity contribution in [1.29, 1.82) is 0 Å². The van der Waals surface area contributed by atoms with E-state index in [0.717, 1.165) is 9.48 Å². The van der Waals surface area contributed by atoms with Gasteiger partial charge in [0.15, 0.2) is 0 Å². The summed E-state index contributed by atoms with van der Waals surface area (Å²) in [6.07, 6.45) is 1.42. The van der Waals surface area contributed by atoms with Crippen molar-refractivity contribution in [2.75, 3.05) is 0 Å². The summed E-state index contributed by atoms with van der Waals surface area (Å²) < 4.78 is 0.895. The van der Waals surface area contributed by atoms with Crippen LogP contribution in [0.3, 0.4) is 0 Å². The van der Waals surface area contributed by atoms with Crippen molar-refractivity contribution < 1.29 is 14.5 Å². The van der Waals surface area contributed by atoms with Gasteiger partial charge in [-0.3, -0.25) is 19.7 Å². The summed E-state index contributed by atoms with van der Waals surface area (Å²) in [5, 5.41) is 16.6. The van der Waals surface area contributed by atoms with Crippen LogP contribution in [0.15, 0.2) is 64.2 Å². The quantitative estimate of drug-likeness (QED) is 0.273. The third-order valence-corrected chi connectivity index (χ3v) is 4.78. The first-order valence-corrected chi connectivity index (χ1v) is 8.65. The van der Waals surface area contributed by atoms with Crippen molar-refractivity contribution in [2.45, 2.75) is 0 Å². The predicted octanol–water partition coefficient (Wildman–Crippen LogP) is 4.14. The highest BCUT2D eigenvalue weighted by Crippen LogP contribution is 2.35. The van der Waals surface area contributed by atoms with Crippen LogP contribution in [0.2, 0.25) is 0 Å². The van der Waals surface area contributed by atoms with E-state index < -0.39 is 16.7 Å². The largest absolute Gasteiger partial charge is 0.282 e. The van der Waals surface area contributed by atoms with Gasteiger partial charge in [-0.25, -0.2) is 0 Å². The van der Waals surface area contributed by atoms with Crippen LogP contribution in [0.25, 0.3) is 10.8 Å². The highest BCUT2D eigenvalue weighted by atomic mass is 79.9. The van der Waals surface area contributed by atoms with E-state index in [4.69, 9.17) is 0 Å². The lowest BCUT2D eigenvalue weighted by molar-refractivity contribution is -0.383. The number of amides is 2. The van der Waals surface area contributed by atoms with Gasteiger partial charge in [-0.15, -0.1) is 0 Å². The zero-order valence-corrected chi connectivity index (χ0v) is 15.2. The molecule has 7 nitrogen and oxygen atoms in total. The first kappa shape index (κ1) is 17.0. The minimum atomic E-state index is -0.619. The summed E-state index contributed by atoms with van der Waals surface area (Å²) in [7, 11) is 0. The van der Waals surface area contributed by atoms with Gasteiger partial charge in [-0.2, -0.15) is 10.1 Å². The molecule has 0 unspecified atom stereocenters. The molecule has 0 radical (unpaired) electrons. The summed E-state index contributed by atoms with van der Waals surface area (Å²) in [4.78, 5) is 36.3. The van der Waals surface area contributed by atoms with E-state index in [1.165, 1.54) is 30.5 Å². The Hall–Kier alpha value is -3.39. The lowest BCUT2D eigenvalue weighted by Gasteiger charge is -2.22. The fourth-order valence-corrected chi connectivity index (χ4v) is 3.27. The standard InChI is InChI=1S/C19H10BrN3O4/c20-12-6-4-11(5-7-12)10-21-22-18(24)14-3-1-2-13-16(23(26)27)9-8-15(17(13)14)19(22)25/h1-10H. The normalized spacial score (nSPS) is 13.6. The zero-order chi connectivity index (χ0) is 19.1. The molecule has 0 N–H and O–H groups in total. The molecule has 3 aromatic rings. The summed E-state index contributed by atoms with van der Waals surface area (Å²) in [5.41, 5.74) is 0.979. The number of hydrogen-bond donors (Lipinski definition) is 0. The third kappa shape index (κ3) is 2.80. The summed E-state index contributed by atoms with van der Waals surface area (Å²) in [5.74, 6) is -1.24. The van der Waals surface area contributed by atoms with Gasteiger partial charge in [0.25, 0.3) is 17.5 Å². The van der Waals surface area contributed by atoms with Crippen LogP contribution in [0, 0.1) is 10.1 Å². The van der Waals surface area contributed by atoms with Crippen LogP contribution in [-0.4, -0.2) is 28.0 Å². The molecule has 1 aliphatic heterocycles. The monoisotopic (exact) mass is 423 g/mol. The number of benzene rings is 3. The second kappa shape index (κ2) is 6.40. The minimum Gasteiger partial charge on any atom is -0.267 e. The number of hydrazone groups is 1. The maximum absolute atomic E-state index is 12.8. The van der Waals surface area contributed by atoms with Crippen LogP contribution >= 0.6 is 15.9 Å². The van der Waals surface area contributed by atoms with Gasteiger partial charge >= 0.3 is 0 Å². The molecule has 0 bridgehead atoms. The van der Waals surface area contributed by atoms with Crippen molar-refractivity contribution in [3.63, 3.8) is 0 Å². The zero-order valence-electron chi connectivity index (χ0n) is 13.6. The van der Waals surface area contributed by atoms with Gasteiger partial charge in [0.2, 0.25) is 0 Å². The van der Waals surface area contributed by atoms with Crippen LogP contribution in [0.5, 0.6) is 0 Å². The van der Waals surface area contributed by atoms with Gasteiger partial charge in [-0.05, 0) is 35.9 Å². The summed E-state index contributed by atoms with van der Waals surface area (Å²) in [6.45, 7) is 0. The molecule has 1 heterocycles. The fraction of sp³-hybridized carbons (Fsp3) is 0. The van der Waals surface area contributed by atoms with Crippen LogP contribution in [-0.2, 0) is 0 Å². The lowest BCUT2D eigenvalue weighted by atomic mass is 9.94. The van der Waals surface area contributed by atoms with E-state index >= 15 is 0 Å². The summed E-state index contributed by atoms with van der Waals surface area (Å²) >= 11 is 3.33. The first-order valence-electron chi connectivity index (χ1n) is 7.86. The predicted molar refractivity (Wildman–Crippen MR) is 103 cm³/mol. The first-order chi connectivity index (χ1) is 13.0.